The first-order chi connectivity index (χ1) is 9.75. The summed E-state index contributed by atoms with van der Waals surface area (Å²) in [6.45, 7) is 3.14. The Kier molecular flexibility index (Phi) is 5.86. The van der Waals surface area contributed by atoms with E-state index < -0.39 is 27.9 Å². The second kappa shape index (κ2) is 7.19. The number of rotatable bonds is 7. The molecule has 0 aromatic heterocycles. The Morgan fingerprint density at radius 3 is 2.57 bits per heavy atom. The lowest BCUT2D eigenvalue weighted by molar-refractivity contribution is -0.117. The van der Waals surface area contributed by atoms with Gasteiger partial charge in [-0.2, -0.15) is 0 Å². The van der Waals surface area contributed by atoms with E-state index in [9.17, 15) is 18.0 Å². The Morgan fingerprint density at radius 2 is 2.00 bits per heavy atom. The predicted octanol–water partition coefficient (Wildman–Crippen LogP) is 1.04. The van der Waals surface area contributed by atoms with Gasteiger partial charge in [-0.05, 0) is 31.5 Å². The molecule has 1 rings (SSSR count). The van der Waals surface area contributed by atoms with E-state index in [0.29, 0.717) is 12.1 Å². The molecule has 1 aromatic carbocycles. The summed E-state index contributed by atoms with van der Waals surface area (Å²) in [5.41, 5.74) is 0.327. The number of nitrogens with one attached hydrogen (secondary N) is 2. The van der Waals surface area contributed by atoms with Crippen LogP contribution in [0.1, 0.15) is 30.6 Å². The summed E-state index contributed by atoms with van der Waals surface area (Å²) in [6, 6.07) is 4.76. The standard InChI is InChI=1S/C13H18N2O5S/c1-3-7-21(19,20)15-9(2)12(16)14-11-6-4-5-10(8-11)13(17)18/h4-6,8-9,15H,3,7H2,1-2H3,(H,14,16)(H,17,18). The van der Waals surface area contributed by atoms with Gasteiger partial charge in [0.15, 0.2) is 0 Å². The zero-order chi connectivity index (χ0) is 16.0. The van der Waals surface area contributed by atoms with Crippen molar-refractivity contribution >= 4 is 27.6 Å². The third kappa shape index (κ3) is 5.52. The summed E-state index contributed by atoms with van der Waals surface area (Å²) in [5.74, 6) is -1.72. The molecule has 1 aromatic rings. The van der Waals surface area contributed by atoms with Gasteiger partial charge in [0, 0.05) is 5.69 Å². The van der Waals surface area contributed by atoms with E-state index >= 15 is 0 Å². The summed E-state index contributed by atoms with van der Waals surface area (Å²) >= 11 is 0. The van der Waals surface area contributed by atoms with Crippen molar-refractivity contribution in [2.75, 3.05) is 11.1 Å². The summed E-state index contributed by atoms with van der Waals surface area (Å²) in [4.78, 5) is 22.7. The minimum atomic E-state index is -3.49. The van der Waals surface area contributed by atoms with Gasteiger partial charge in [0.1, 0.15) is 0 Å². The number of anilines is 1. The van der Waals surface area contributed by atoms with Gasteiger partial charge in [-0.1, -0.05) is 13.0 Å². The number of carbonyl (C=O) groups excluding carboxylic acids is 1. The van der Waals surface area contributed by atoms with E-state index in [-0.39, 0.29) is 11.3 Å². The van der Waals surface area contributed by atoms with Crippen LogP contribution in [0.15, 0.2) is 24.3 Å². The van der Waals surface area contributed by atoms with Gasteiger partial charge < -0.3 is 10.4 Å². The summed E-state index contributed by atoms with van der Waals surface area (Å²) in [6.07, 6.45) is 0.449. The maximum atomic E-state index is 11.9. The molecule has 1 unspecified atom stereocenters. The van der Waals surface area contributed by atoms with Crippen molar-refractivity contribution in [2.45, 2.75) is 26.3 Å². The molecule has 8 heteroatoms. The molecule has 1 amide bonds. The third-order valence-corrected chi connectivity index (χ3v) is 4.26. The fraction of sp³-hybridized carbons (Fsp3) is 0.385. The molecule has 0 aliphatic heterocycles. The zero-order valence-corrected chi connectivity index (χ0v) is 12.6. The second-order valence-corrected chi connectivity index (χ2v) is 6.41. The van der Waals surface area contributed by atoms with E-state index in [2.05, 4.69) is 10.0 Å². The average molecular weight is 314 g/mol. The Bertz CT molecular complexity index is 627. The first kappa shape index (κ1) is 17.1. The topological polar surface area (TPSA) is 113 Å². The highest BCUT2D eigenvalue weighted by Gasteiger charge is 2.19. The van der Waals surface area contributed by atoms with Gasteiger partial charge >= 0.3 is 5.97 Å². The van der Waals surface area contributed by atoms with Gasteiger partial charge in [-0.15, -0.1) is 0 Å². The van der Waals surface area contributed by atoms with Crippen LogP contribution < -0.4 is 10.0 Å². The SMILES string of the molecule is CCCS(=O)(=O)NC(C)C(=O)Nc1cccc(C(=O)O)c1. The van der Waals surface area contributed by atoms with Crippen LogP contribution in [0.4, 0.5) is 5.69 Å². The number of carbonyl (C=O) groups is 2. The molecule has 116 valence electrons. The molecular formula is C13H18N2O5S. The minimum Gasteiger partial charge on any atom is -0.478 e. The van der Waals surface area contributed by atoms with Gasteiger partial charge in [0.2, 0.25) is 15.9 Å². The number of sulfonamides is 1. The monoisotopic (exact) mass is 314 g/mol. The van der Waals surface area contributed by atoms with Crippen molar-refractivity contribution < 1.29 is 23.1 Å². The molecule has 7 nitrogen and oxygen atoms in total. The fourth-order valence-corrected chi connectivity index (χ4v) is 2.93. The quantitative estimate of drug-likeness (QED) is 0.696. The molecule has 3 N–H and O–H groups in total. The highest BCUT2D eigenvalue weighted by atomic mass is 32.2. The second-order valence-electron chi connectivity index (χ2n) is 4.53. The lowest BCUT2D eigenvalue weighted by atomic mass is 10.2. The first-order valence-electron chi connectivity index (χ1n) is 6.39. The Morgan fingerprint density at radius 1 is 1.33 bits per heavy atom. The fourth-order valence-electron chi connectivity index (χ4n) is 1.63. The summed E-state index contributed by atoms with van der Waals surface area (Å²) < 4.78 is 25.4. The van der Waals surface area contributed by atoms with Crippen LogP contribution in [0.25, 0.3) is 0 Å². The van der Waals surface area contributed by atoms with E-state index in [4.69, 9.17) is 5.11 Å². The molecule has 0 heterocycles. The number of carboxylic acid groups (broad SMARTS) is 1. The minimum absolute atomic E-state index is 0.0343. The maximum Gasteiger partial charge on any atom is 0.335 e. The predicted molar refractivity (Wildman–Crippen MR) is 78.7 cm³/mol. The largest absolute Gasteiger partial charge is 0.478 e. The molecule has 0 bridgehead atoms. The third-order valence-electron chi connectivity index (χ3n) is 2.60. The van der Waals surface area contributed by atoms with E-state index in [1.54, 1.807) is 6.92 Å². The normalized spacial score (nSPS) is 12.7. The van der Waals surface area contributed by atoms with Crippen molar-refractivity contribution in [2.24, 2.45) is 0 Å². The molecule has 21 heavy (non-hydrogen) atoms. The molecule has 0 radical (unpaired) electrons. The number of aromatic carboxylic acids is 1. The molecule has 0 saturated carbocycles. The van der Waals surface area contributed by atoms with Crippen LogP contribution in [0.3, 0.4) is 0 Å². The van der Waals surface area contributed by atoms with Crippen molar-refractivity contribution in [3.05, 3.63) is 29.8 Å². The Hall–Kier alpha value is -1.93. The van der Waals surface area contributed by atoms with Gasteiger partial charge in [-0.3, -0.25) is 4.79 Å². The Labute approximate surface area is 123 Å². The Balaban J connectivity index is 2.72. The molecule has 0 aliphatic carbocycles. The van der Waals surface area contributed by atoms with E-state index in [1.165, 1.54) is 31.2 Å². The average Bonchev–Trinajstić information content (AvgIpc) is 2.38. The van der Waals surface area contributed by atoms with Gasteiger partial charge in [0.05, 0.1) is 17.4 Å². The summed E-state index contributed by atoms with van der Waals surface area (Å²) in [5, 5.41) is 11.3. The van der Waals surface area contributed by atoms with E-state index in [1.807, 2.05) is 0 Å². The number of benzene rings is 1. The van der Waals surface area contributed by atoms with Crippen LogP contribution in [-0.4, -0.2) is 37.2 Å². The van der Waals surface area contributed by atoms with Crippen molar-refractivity contribution in [1.29, 1.82) is 0 Å². The van der Waals surface area contributed by atoms with Crippen LogP contribution in [0.5, 0.6) is 0 Å². The van der Waals surface area contributed by atoms with Crippen LogP contribution in [0.2, 0.25) is 0 Å². The first-order valence-corrected chi connectivity index (χ1v) is 8.04. The van der Waals surface area contributed by atoms with Crippen molar-refractivity contribution in [1.82, 2.24) is 4.72 Å². The van der Waals surface area contributed by atoms with Crippen molar-refractivity contribution in [3.63, 3.8) is 0 Å². The number of carboxylic acids is 1. The lowest BCUT2D eigenvalue weighted by Gasteiger charge is -2.14. The number of amides is 1. The molecule has 1 atom stereocenters. The smallest absolute Gasteiger partial charge is 0.335 e. The summed E-state index contributed by atoms with van der Waals surface area (Å²) in [7, 11) is -3.49. The van der Waals surface area contributed by atoms with E-state index in [0.717, 1.165) is 0 Å². The lowest BCUT2D eigenvalue weighted by Crippen LogP contribution is -2.42. The van der Waals surface area contributed by atoms with Gasteiger partial charge in [0.25, 0.3) is 0 Å². The highest BCUT2D eigenvalue weighted by Crippen LogP contribution is 2.11. The van der Waals surface area contributed by atoms with Crippen LogP contribution in [0, 0.1) is 0 Å². The van der Waals surface area contributed by atoms with Gasteiger partial charge in [-0.25, -0.2) is 17.9 Å². The number of hydrogen-bond acceptors (Lipinski definition) is 4. The molecule has 0 fully saturated rings. The molecular weight excluding hydrogens is 296 g/mol. The number of hydrogen-bond donors (Lipinski definition) is 3. The van der Waals surface area contributed by atoms with Crippen molar-refractivity contribution in [3.8, 4) is 0 Å². The molecule has 0 aliphatic rings. The maximum absolute atomic E-state index is 11.9. The highest BCUT2D eigenvalue weighted by molar-refractivity contribution is 7.89. The zero-order valence-electron chi connectivity index (χ0n) is 11.8. The molecule has 0 spiro atoms. The van der Waals surface area contributed by atoms with Crippen LogP contribution >= 0.6 is 0 Å². The van der Waals surface area contributed by atoms with Crippen LogP contribution in [-0.2, 0) is 14.8 Å². The molecule has 0 saturated heterocycles.